The molecule has 1 nitrogen and oxygen atoms in total. The van der Waals surface area contributed by atoms with Gasteiger partial charge in [-0.15, -0.1) is 13.2 Å². The minimum Gasteiger partial charge on any atom is -0.366 e. The van der Waals surface area contributed by atoms with Crippen molar-refractivity contribution in [2.75, 3.05) is 0 Å². The topological polar surface area (TPSA) is 9.23 Å². The Labute approximate surface area is 151 Å². The Kier molecular flexibility index (Phi) is 8.23. The summed E-state index contributed by atoms with van der Waals surface area (Å²) in [5.74, 6) is 0. The average Bonchev–Trinajstić information content (AvgIpc) is 2.66. The van der Waals surface area contributed by atoms with Gasteiger partial charge in [-0.2, -0.15) is 0 Å². The van der Waals surface area contributed by atoms with Gasteiger partial charge in [0.25, 0.3) is 0 Å². The number of benzene rings is 2. The molecule has 2 aromatic rings. The smallest absolute Gasteiger partial charge is 0.0801 e. The van der Waals surface area contributed by atoms with Gasteiger partial charge in [-0.1, -0.05) is 97.1 Å². The Morgan fingerprint density at radius 2 is 1.08 bits per heavy atom. The normalized spacial score (nSPS) is 13.8. The van der Waals surface area contributed by atoms with E-state index in [9.17, 15) is 0 Å². The van der Waals surface area contributed by atoms with Crippen LogP contribution in [0.5, 0.6) is 0 Å². The van der Waals surface area contributed by atoms with E-state index in [0.717, 1.165) is 12.8 Å². The molecule has 2 rings (SSSR count). The van der Waals surface area contributed by atoms with Gasteiger partial charge in [0.15, 0.2) is 0 Å². The molecule has 0 aliphatic heterocycles. The van der Waals surface area contributed by atoms with E-state index in [1.807, 2.05) is 48.6 Å². The Morgan fingerprint density at radius 3 is 1.44 bits per heavy atom. The molecule has 0 bridgehead atoms. The molecule has 2 atom stereocenters. The van der Waals surface area contributed by atoms with Gasteiger partial charge < -0.3 is 4.74 Å². The first-order chi connectivity index (χ1) is 12.3. The molecule has 2 aromatic carbocycles. The SMILES string of the molecule is C=CCC(/C=C/c1ccccc1)OC(/C=C/c1ccccc1)CC=C. The molecule has 0 aliphatic carbocycles. The first-order valence-electron chi connectivity index (χ1n) is 8.65. The molecule has 1 heteroatoms. The summed E-state index contributed by atoms with van der Waals surface area (Å²) in [6.07, 6.45) is 13.7. The summed E-state index contributed by atoms with van der Waals surface area (Å²) < 4.78 is 6.26. The van der Waals surface area contributed by atoms with Crippen LogP contribution in [0.3, 0.4) is 0 Å². The predicted molar refractivity (Wildman–Crippen MR) is 109 cm³/mol. The maximum absolute atomic E-state index is 6.26. The number of rotatable bonds is 10. The van der Waals surface area contributed by atoms with Crippen LogP contribution in [-0.4, -0.2) is 12.2 Å². The second-order valence-electron chi connectivity index (χ2n) is 5.80. The van der Waals surface area contributed by atoms with E-state index in [-0.39, 0.29) is 12.2 Å². The van der Waals surface area contributed by atoms with E-state index in [2.05, 4.69) is 61.7 Å². The molecule has 0 aliphatic rings. The highest BCUT2D eigenvalue weighted by molar-refractivity contribution is 5.50. The molecule has 0 N–H and O–H groups in total. The average molecular weight is 330 g/mol. The van der Waals surface area contributed by atoms with Crippen LogP contribution in [0.4, 0.5) is 0 Å². The fourth-order valence-electron chi connectivity index (χ4n) is 2.48. The maximum atomic E-state index is 6.26. The van der Waals surface area contributed by atoms with E-state index in [1.165, 1.54) is 11.1 Å². The predicted octanol–water partition coefficient (Wildman–Crippen LogP) is 6.32. The van der Waals surface area contributed by atoms with Crippen LogP contribution in [0.1, 0.15) is 24.0 Å². The molecule has 25 heavy (non-hydrogen) atoms. The van der Waals surface area contributed by atoms with Crippen LogP contribution in [0, 0.1) is 0 Å². The summed E-state index contributed by atoms with van der Waals surface area (Å²) in [4.78, 5) is 0. The lowest BCUT2D eigenvalue weighted by Crippen LogP contribution is -2.18. The molecular formula is C24H26O. The van der Waals surface area contributed by atoms with Crippen molar-refractivity contribution in [2.24, 2.45) is 0 Å². The second kappa shape index (κ2) is 11.0. The molecule has 128 valence electrons. The third kappa shape index (κ3) is 7.19. The zero-order valence-electron chi connectivity index (χ0n) is 14.6. The van der Waals surface area contributed by atoms with Gasteiger partial charge in [0, 0.05) is 0 Å². The van der Waals surface area contributed by atoms with Crippen molar-refractivity contribution in [1.82, 2.24) is 0 Å². The number of ether oxygens (including phenoxy) is 1. The highest BCUT2D eigenvalue weighted by atomic mass is 16.5. The van der Waals surface area contributed by atoms with Crippen LogP contribution in [0.2, 0.25) is 0 Å². The number of hydrogen-bond acceptors (Lipinski definition) is 1. The van der Waals surface area contributed by atoms with Gasteiger partial charge in [0.1, 0.15) is 0 Å². The van der Waals surface area contributed by atoms with Gasteiger partial charge in [-0.05, 0) is 24.0 Å². The minimum absolute atomic E-state index is 0.0110. The summed E-state index contributed by atoms with van der Waals surface area (Å²) in [7, 11) is 0. The molecule has 0 heterocycles. The zero-order valence-corrected chi connectivity index (χ0v) is 14.6. The molecular weight excluding hydrogens is 304 g/mol. The van der Waals surface area contributed by atoms with Gasteiger partial charge >= 0.3 is 0 Å². The van der Waals surface area contributed by atoms with Crippen LogP contribution < -0.4 is 0 Å². The lowest BCUT2D eigenvalue weighted by Gasteiger charge is -2.19. The molecule has 0 radical (unpaired) electrons. The molecule has 2 unspecified atom stereocenters. The van der Waals surface area contributed by atoms with Crippen LogP contribution in [0.15, 0.2) is 98.1 Å². The van der Waals surface area contributed by atoms with E-state index < -0.39 is 0 Å². The number of hydrogen-bond donors (Lipinski definition) is 0. The van der Waals surface area contributed by atoms with Crippen LogP contribution >= 0.6 is 0 Å². The van der Waals surface area contributed by atoms with Crippen molar-refractivity contribution in [3.05, 3.63) is 109 Å². The van der Waals surface area contributed by atoms with Crippen LogP contribution in [0.25, 0.3) is 12.2 Å². The highest BCUT2D eigenvalue weighted by Gasteiger charge is 2.10. The Hall–Kier alpha value is -2.64. The second-order valence-corrected chi connectivity index (χ2v) is 5.80. The minimum atomic E-state index is -0.0110. The Bertz CT molecular complexity index is 621. The highest BCUT2D eigenvalue weighted by Crippen LogP contribution is 2.14. The maximum Gasteiger partial charge on any atom is 0.0801 e. The molecule has 0 saturated carbocycles. The monoisotopic (exact) mass is 330 g/mol. The van der Waals surface area contributed by atoms with Crippen molar-refractivity contribution in [2.45, 2.75) is 25.0 Å². The van der Waals surface area contributed by atoms with Crippen molar-refractivity contribution < 1.29 is 4.74 Å². The first kappa shape index (κ1) is 18.7. The van der Waals surface area contributed by atoms with E-state index in [4.69, 9.17) is 4.74 Å². The van der Waals surface area contributed by atoms with Gasteiger partial charge in [-0.3, -0.25) is 0 Å². The fraction of sp³-hybridized carbons (Fsp3) is 0.167. The van der Waals surface area contributed by atoms with E-state index in [1.54, 1.807) is 0 Å². The van der Waals surface area contributed by atoms with Crippen LogP contribution in [-0.2, 0) is 4.74 Å². The zero-order chi connectivity index (χ0) is 17.7. The van der Waals surface area contributed by atoms with Gasteiger partial charge in [0.2, 0.25) is 0 Å². The lowest BCUT2D eigenvalue weighted by molar-refractivity contribution is 0.0460. The third-order valence-electron chi connectivity index (χ3n) is 3.75. The standard InChI is InChI=1S/C24H26O/c1-3-11-23(19-17-21-13-7-5-8-14-21)25-24(12-4-2)20-18-22-15-9-6-10-16-22/h3-10,13-20,23-24H,1-2,11-12H2/b19-17+,20-18+. The summed E-state index contributed by atoms with van der Waals surface area (Å²) in [6.45, 7) is 7.70. The third-order valence-corrected chi connectivity index (χ3v) is 3.75. The molecule has 0 amide bonds. The first-order valence-corrected chi connectivity index (χ1v) is 8.65. The van der Waals surface area contributed by atoms with E-state index >= 15 is 0 Å². The van der Waals surface area contributed by atoms with Crippen molar-refractivity contribution >= 4 is 12.2 Å². The lowest BCUT2D eigenvalue weighted by atomic mass is 10.1. The van der Waals surface area contributed by atoms with Gasteiger partial charge in [-0.25, -0.2) is 0 Å². The Morgan fingerprint density at radius 1 is 0.680 bits per heavy atom. The van der Waals surface area contributed by atoms with E-state index in [0.29, 0.717) is 0 Å². The molecule has 0 aromatic heterocycles. The van der Waals surface area contributed by atoms with Gasteiger partial charge in [0.05, 0.1) is 12.2 Å². The molecule has 0 saturated heterocycles. The molecule has 0 fully saturated rings. The fourth-order valence-corrected chi connectivity index (χ4v) is 2.48. The van der Waals surface area contributed by atoms with Crippen molar-refractivity contribution in [3.8, 4) is 0 Å². The molecule has 0 spiro atoms. The van der Waals surface area contributed by atoms with Crippen molar-refractivity contribution in [3.63, 3.8) is 0 Å². The largest absolute Gasteiger partial charge is 0.366 e. The quantitative estimate of drug-likeness (QED) is 0.463. The summed E-state index contributed by atoms with van der Waals surface area (Å²) in [5, 5.41) is 0. The summed E-state index contributed by atoms with van der Waals surface area (Å²) >= 11 is 0. The summed E-state index contributed by atoms with van der Waals surface area (Å²) in [5.41, 5.74) is 2.33. The van der Waals surface area contributed by atoms with Crippen molar-refractivity contribution in [1.29, 1.82) is 0 Å². The Balaban J connectivity index is 2.05. The summed E-state index contributed by atoms with van der Waals surface area (Å²) in [6, 6.07) is 20.5.